The molecule has 0 bridgehead atoms. The normalized spacial score (nSPS) is 10.2. The van der Waals surface area contributed by atoms with E-state index in [2.05, 4.69) is 16.4 Å². The third-order valence-electron chi connectivity index (χ3n) is 2.89. The quantitative estimate of drug-likeness (QED) is 0.811. The van der Waals surface area contributed by atoms with Gasteiger partial charge in [0.2, 0.25) is 0 Å². The van der Waals surface area contributed by atoms with Gasteiger partial charge in [0.1, 0.15) is 0 Å². The minimum atomic E-state index is 0.717. The molecule has 0 saturated carbocycles. The second-order valence-electron chi connectivity index (χ2n) is 4.23. The molecule has 0 aliphatic carbocycles. The molecule has 0 aliphatic rings. The lowest BCUT2D eigenvalue weighted by Gasteiger charge is -2.08. The molecule has 0 radical (unpaired) electrons. The molecular weight excluding hydrogens is 224 g/mol. The number of nitrogens with zero attached hydrogens (tertiary/aromatic N) is 3. The van der Waals surface area contributed by atoms with Crippen molar-refractivity contribution >= 4 is 0 Å². The number of nitriles is 1. The summed E-state index contributed by atoms with van der Waals surface area (Å²) in [6, 6.07) is 7.95. The topological polar surface area (TPSA) is 53.6 Å². The van der Waals surface area contributed by atoms with E-state index in [4.69, 9.17) is 5.26 Å². The smallest absolute Gasteiger partial charge is 0.0991 e. The molecule has 92 valence electrons. The summed E-state index contributed by atoms with van der Waals surface area (Å²) in [4.78, 5) is 4.00. The Morgan fingerprint density at radius 2 is 2.33 bits per heavy atom. The second kappa shape index (κ2) is 5.99. The van der Waals surface area contributed by atoms with Crippen LogP contribution in [0, 0.1) is 18.3 Å². The number of nitrogens with one attached hydrogen (secondary N) is 1. The lowest BCUT2D eigenvalue weighted by atomic mass is 10.1. The van der Waals surface area contributed by atoms with Crippen LogP contribution in [-0.2, 0) is 13.1 Å². The van der Waals surface area contributed by atoms with Gasteiger partial charge >= 0.3 is 0 Å². The summed E-state index contributed by atoms with van der Waals surface area (Å²) < 4.78 is 2.04. The summed E-state index contributed by atoms with van der Waals surface area (Å²) in [5.74, 6) is 0. The highest BCUT2D eigenvalue weighted by Gasteiger charge is 1.99. The molecule has 18 heavy (non-hydrogen) atoms. The van der Waals surface area contributed by atoms with Gasteiger partial charge in [-0.1, -0.05) is 6.07 Å². The fourth-order valence-corrected chi connectivity index (χ4v) is 1.81. The number of aryl methyl sites for hydroxylation is 1. The molecule has 2 aromatic rings. The van der Waals surface area contributed by atoms with Crippen LogP contribution in [0.3, 0.4) is 0 Å². The van der Waals surface area contributed by atoms with Crippen molar-refractivity contribution in [2.75, 3.05) is 6.54 Å². The van der Waals surface area contributed by atoms with E-state index in [0.29, 0.717) is 0 Å². The first-order valence-corrected chi connectivity index (χ1v) is 5.95. The van der Waals surface area contributed by atoms with Crippen LogP contribution in [-0.4, -0.2) is 16.1 Å². The number of rotatable bonds is 5. The maximum atomic E-state index is 8.80. The third-order valence-corrected chi connectivity index (χ3v) is 2.89. The molecule has 1 heterocycles. The van der Waals surface area contributed by atoms with E-state index in [1.54, 1.807) is 6.20 Å². The fourth-order valence-electron chi connectivity index (χ4n) is 1.81. The first-order chi connectivity index (χ1) is 8.79. The predicted octanol–water partition coefficient (Wildman–Crippen LogP) is 1.85. The van der Waals surface area contributed by atoms with Crippen molar-refractivity contribution in [3.8, 4) is 6.07 Å². The molecule has 1 N–H and O–H groups in total. The lowest BCUT2D eigenvalue weighted by Crippen LogP contribution is -2.19. The van der Waals surface area contributed by atoms with Crippen molar-refractivity contribution in [3.63, 3.8) is 0 Å². The number of benzene rings is 1. The maximum absolute atomic E-state index is 8.80. The van der Waals surface area contributed by atoms with E-state index < -0.39 is 0 Å². The maximum Gasteiger partial charge on any atom is 0.0991 e. The first kappa shape index (κ1) is 12.3. The number of imidazole rings is 1. The van der Waals surface area contributed by atoms with Crippen molar-refractivity contribution in [3.05, 3.63) is 53.6 Å². The summed E-state index contributed by atoms with van der Waals surface area (Å²) in [7, 11) is 0. The van der Waals surface area contributed by atoms with Crippen LogP contribution in [0.5, 0.6) is 0 Å². The molecule has 4 heteroatoms. The number of hydrogen-bond donors (Lipinski definition) is 1. The molecule has 1 aromatic heterocycles. The van der Waals surface area contributed by atoms with E-state index in [1.807, 2.05) is 42.2 Å². The molecule has 2 rings (SSSR count). The van der Waals surface area contributed by atoms with Gasteiger partial charge < -0.3 is 9.88 Å². The monoisotopic (exact) mass is 240 g/mol. The van der Waals surface area contributed by atoms with Gasteiger partial charge in [0.15, 0.2) is 0 Å². The molecule has 0 spiro atoms. The Labute approximate surface area is 107 Å². The van der Waals surface area contributed by atoms with E-state index in [-0.39, 0.29) is 0 Å². The van der Waals surface area contributed by atoms with Gasteiger partial charge in [-0.2, -0.15) is 5.26 Å². The van der Waals surface area contributed by atoms with E-state index in [1.165, 1.54) is 5.56 Å². The molecule has 1 aromatic carbocycles. The molecule has 0 atom stereocenters. The van der Waals surface area contributed by atoms with Crippen molar-refractivity contribution in [2.45, 2.75) is 20.0 Å². The summed E-state index contributed by atoms with van der Waals surface area (Å²) >= 11 is 0. The molecule has 0 amide bonds. The van der Waals surface area contributed by atoms with Gasteiger partial charge in [-0.25, -0.2) is 4.98 Å². The average molecular weight is 240 g/mol. The van der Waals surface area contributed by atoms with Crippen LogP contribution in [0.2, 0.25) is 0 Å². The van der Waals surface area contributed by atoms with Gasteiger partial charge in [0.05, 0.1) is 18.0 Å². The Kier molecular flexibility index (Phi) is 4.11. The minimum Gasteiger partial charge on any atom is -0.336 e. The van der Waals surface area contributed by atoms with Gasteiger partial charge in [0, 0.05) is 32.0 Å². The Balaban J connectivity index is 1.82. The molecule has 0 aliphatic heterocycles. The highest BCUT2D eigenvalue weighted by atomic mass is 15.0. The van der Waals surface area contributed by atoms with Gasteiger partial charge in [-0.15, -0.1) is 0 Å². The number of hydrogen-bond acceptors (Lipinski definition) is 3. The van der Waals surface area contributed by atoms with E-state index in [0.717, 1.165) is 30.8 Å². The largest absolute Gasteiger partial charge is 0.336 e. The fraction of sp³-hybridized carbons (Fsp3) is 0.286. The van der Waals surface area contributed by atoms with Crippen molar-refractivity contribution < 1.29 is 0 Å². The molecular formula is C14H16N4. The molecule has 0 fully saturated rings. The highest BCUT2D eigenvalue weighted by molar-refractivity contribution is 5.37. The van der Waals surface area contributed by atoms with Gasteiger partial charge in [-0.05, 0) is 30.2 Å². The standard InChI is InChI=1S/C14H16N4/c1-12-8-13(9-15)2-3-14(12)10-16-4-6-18-7-5-17-11-18/h2-3,5,7-8,11,16H,4,6,10H2,1H3. The van der Waals surface area contributed by atoms with E-state index >= 15 is 0 Å². The third kappa shape index (κ3) is 3.19. The summed E-state index contributed by atoms with van der Waals surface area (Å²) in [5.41, 5.74) is 3.11. The zero-order valence-electron chi connectivity index (χ0n) is 10.4. The number of aromatic nitrogens is 2. The predicted molar refractivity (Wildman–Crippen MR) is 69.8 cm³/mol. The summed E-state index contributed by atoms with van der Waals surface area (Å²) in [5, 5.41) is 12.2. The summed E-state index contributed by atoms with van der Waals surface area (Å²) in [6.07, 6.45) is 5.55. The van der Waals surface area contributed by atoms with E-state index in [9.17, 15) is 0 Å². The Hall–Kier alpha value is -2.12. The zero-order chi connectivity index (χ0) is 12.8. The van der Waals surface area contributed by atoms with Crippen LogP contribution in [0.1, 0.15) is 16.7 Å². The Bertz CT molecular complexity index is 537. The van der Waals surface area contributed by atoms with Gasteiger partial charge in [-0.3, -0.25) is 0 Å². The Morgan fingerprint density at radius 3 is 3.00 bits per heavy atom. The SMILES string of the molecule is Cc1cc(C#N)ccc1CNCCn1ccnc1. The van der Waals surface area contributed by atoms with Crippen LogP contribution < -0.4 is 5.32 Å². The van der Waals surface area contributed by atoms with Crippen LogP contribution in [0.25, 0.3) is 0 Å². The highest BCUT2D eigenvalue weighted by Crippen LogP contribution is 2.10. The van der Waals surface area contributed by atoms with Crippen molar-refractivity contribution in [2.24, 2.45) is 0 Å². The minimum absolute atomic E-state index is 0.717. The second-order valence-corrected chi connectivity index (χ2v) is 4.23. The zero-order valence-corrected chi connectivity index (χ0v) is 10.4. The Morgan fingerprint density at radius 1 is 1.44 bits per heavy atom. The van der Waals surface area contributed by atoms with Crippen LogP contribution >= 0.6 is 0 Å². The van der Waals surface area contributed by atoms with Crippen molar-refractivity contribution in [1.29, 1.82) is 5.26 Å². The van der Waals surface area contributed by atoms with Crippen molar-refractivity contribution in [1.82, 2.24) is 14.9 Å². The van der Waals surface area contributed by atoms with Crippen LogP contribution in [0.4, 0.5) is 0 Å². The molecule has 4 nitrogen and oxygen atoms in total. The lowest BCUT2D eigenvalue weighted by molar-refractivity contribution is 0.596. The summed E-state index contributed by atoms with van der Waals surface area (Å²) in [6.45, 7) is 4.67. The first-order valence-electron chi connectivity index (χ1n) is 5.95. The molecule has 0 saturated heterocycles. The van der Waals surface area contributed by atoms with Gasteiger partial charge in [0.25, 0.3) is 0 Å². The molecule has 0 unspecified atom stereocenters. The van der Waals surface area contributed by atoms with Crippen LogP contribution in [0.15, 0.2) is 36.9 Å². The average Bonchev–Trinajstić information content (AvgIpc) is 2.89.